The van der Waals surface area contributed by atoms with Gasteiger partial charge in [0, 0.05) is 0 Å². The van der Waals surface area contributed by atoms with Crippen molar-refractivity contribution in [3.8, 4) is 0 Å². The van der Waals surface area contributed by atoms with Crippen LogP contribution < -0.4 is 42.4 Å². The van der Waals surface area contributed by atoms with Gasteiger partial charge >= 0.3 is 21.7 Å². The molecule has 2 rings (SSSR count). The summed E-state index contributed by atoms with van der Waals surface area (Å²) >= 11 is 0. The van der Waals surface area contributed by atoms with E-state index in [0.717, 1.165) is 12.8 Å². The van der Waals surface area contributed by atoms with Crippen LogP contribution in [0.4, 0.5) is 0 Å². The Bertz CT molecular complexity index is 755. The van der Waals surface area contributed by atoms with Crippen LogP contribution in [-0.4, -0.2) is 8.07 Å². The van der Waals surface area contributed by atoms with E-state index in [0.29, 0.717) is 11.1 Å². The number of hydrogen-bond acceptors (Lipinski definition) is 0. The number of rotatable bonds is 8. The van der Waals surface area contributed by atoms with Crippen LogP contribution in [-0.2, 0) is 34.6 Å². The second kappa shape index (κ2) is 14.8. The fourth-order valence-corrected chi connectivity index (χ4v) is 14.0. The predicted molar refractivity (Wildman–Crippen MR) is 129 cm³/mol. The first-order valence-corrected chi connectivity index (χ1v) is 13.7. The van der Waals surface area contributed by atoms with Crippen molar-refractivity contribution in [3.05, 3.63) is 52.1 Å². The maximum atomic E-state index is 4.08. The molecule has 180 valence electrons. The van der Waals surface area contributed by atoms with E-state index in [1.807, 2.05) is 0 Å². The molecule has 0 saturated carbocycles. The SMILES string of the molecule is CCc1cc(CC)cc([Si](C(C)CC)(C(C)CC)C2(C)[C-]=C(C)C(C)=C2C)c1.[Cl-].[Cl-].[Cl-].[Ti+4]. The largest absolute Gasteiger partial charge is 4.00 e. The van der Waals surface area contributed by atoms with Gasteiger partial charge in [-0.25, -0.2) is 5.57 Å². The van der Waals surface area contributed by atoms with Gasteiger partial charge in [-0.1, -0.05) is 104 Å². The summed E-state index contributed by atoms with van der Waals surface area (Å²) in [6.45, 7) is 24.0. The molecule has 0 bridgehead atoms. The van der Waals surface area contributed by atoms with Crippen molar-refractivity contribution in [2.45, 2.75) is 111 Å². The minimum Gasteiger partial charge on any atom is -1.00 e. The monoisotopic (exact) mass is 548 g/mol. The maximum absolute atomic E-state index is 4.08. The molecule has 0 radical (unpaired) electrons. The van der Waals surface area contributed by atoms with E-state index in [1.165, 1.54) is 35.1 Å². The van der Waals surface area contributed by atoms with E-state index in [1.54, 1.807) is 10.8 Å². The van der Waals surface area contributed by atoms with Crippen molar-refractivity contribution < 1.29 is 58.9 Å². The molecule has 0 spiro atoms. The van der Waals surface area contributed by atoms with Crippen LogP contribution in [0.2, 0.25) is 16.1 Å². The van der Waals surface area contributed by atoms with Crippen molar-refractivity contribution in [1.29, 1.82) is 0 Å². The van der Waals surface area contributed by atoms with Crippen LogP contribution in [0.15, 0.2) is 34.9 Å². The van der Waals surface area contributed by atoms with Crippen LogP contribution in [0.5, 0.6) is 0 Å². The molecular weight excluding hydrogens is 507 g/mol. The van der Waals surface area contributed by atoms with Crippen LogP contribution >= 0.6 is 0 Å². The molecule has 0 aromatic heterocycles. The summed E-state index contributed by atoms with van der Waals surface area (Å²) in [6, 6.07) is 7.62. The first-order chi connectivity index (χ1) is 13.1. The van der Waals surface area contributed by atoms with Gasteiger partial charge in [-0.2, -0.15) is 11.1 Å². The number of allylic oxidation sites excluding steroid dienone is 4. The summed E-state index contributed by atoms with van der Waals surface area (Å²) in [5, 5.41) is 1.76. The summed E-state index contributed by atoms with van der Waals surface area (Å²) in [5.41, 5.74) is 8.89. The van der Waals surface area contributed by atoms with E-state index in [9.17, 15) is 0 Å². The Morgan fingerprint density at radius 2 is 1.22 bits per heavy atom. The smallest absolute Gasteiger partial charge is 1.00 e. The maximum Gasteiger partial charge on any atom is 4.00 e. The van der Waals surface area contributed by atoms with Gasteiger partial charge < -0.3 is 37.2 Å². The summed E-state index contributed by atoms with van der Waals surface area (Å²) in [6.07, 6.45) is 8.81. The minimum atomic E-state index is -2.00. The Hall–Kier alpha value is 0.501. The predicted octanol–water partition coefficient (Wildman–Crippen LogP) is -1.06. The second-order valence-electron chi connectivity index (χ2n) is 9.36. The van der Waals surface area contributed by atoms with Crippen molar-refractivity contribution in [1.82, 2.24) is 0 Å². The first-order valence-electron chi connectivity index (χ1n) is 11.6. The first kappa shape index (κ1) is 37.1. The van der Waals surface area contributed by atoms with Crippen LogP contribution in [0.25, 0.3) is 0 Å². The van der Waals surface area contributed by atoms with E-state index in [4.69, 9.17) is 0 Å². The standard InChI is InChI=1S/C27H43Si.3ClH.Ti/c1-11-20(6)28(21(7)12-2,27(10)18-19(5)22(8)23(27)9)26-16-24(13-3)15-25(14-4)17-26;;;;/h15-17,20-21H,11-14H2,1-10H3;3*1H;/q-1;;;;+4/p-3. The topological polar surface area (TPSA) is 0 Å². The molecule has 1 aromatic carbocycles. The van der Waals surface area contributed by atoms with Gasteiger partial charge in [0.1, 0.15) is 0 Å². The molecular formula is C27H43Cl3SiTi. The third kappa shape index (κ3) is 6.00. The van der Waals surface area contributed by atoms with Gasteiger partial charge in [0.25, 0.3) is 0 Å². The third-order valence-corrected chi connectivity index (χ3v) is 15.6. The molecule has 0 amide bonds. The van der Waals surface area contributed by atoms with Crippen LogP contribution in [0.3, 0.4) is 0 Å². The molecule has 1 aliphatic carbocycles. The average Bonchev–Trinajstić information content (AvgIpc) is 2.90. The third-order valence-electron chi connectivity index (χ3n) is 8.27. The van der Waals surface area contributed by atoms with Crippen molar-refractivity contribution in [2.24, 2.45) is 0 Å². The fraction of sp³-hybridized carbons (Fsp3) is 0.630. The molecule has 0 nitrogen and oxygen atoms in total. The van der Waals surface area contributed by atoms with Crippen LogP contribution in [0, 0.1) is 6.08 Å². The Morgan fingerprint density at radius 3 is 1.50 bits per heavy atom. The van der Waals surface area contributed by atoms with Gasteiger partial charge in [-0.3, -0.25) is 6.08 Å². The zero-order chi connectivity index (χ0) is 21.3. The number of benzene rings is 1. The Balaban J connectivity index is -0.00000210. The van der Waals surface area contributed by atoms with E-state index >= 15 is 0 Å². The van der Waals surface area contributed by atoms with Gasteiger partial charge in [-0.15, -0.1) is 6.92 Å². The van der Waals surface area contributed by atoms with Gasteiger partial charge in [0.2, 0.25) is 0 Å². The van der Waals surface area contributed by atoms with Crippen LogP contribution in [0.1, 0.15) is 93.2 Å². The molecule has 32 heavy (non-hydrogen) atoms. The second-order valence-corrected chi connectivity index (χ2v) is 14.6. The number of halogens is 3. The van der Waals surface area contributed by atoms with Crippen molar-refractivity contribution in [3.63, 3.8) is 0 Å². The molecule has 0 fully saturated rings. The number of hydrogen-bond donors (Lipinski definition) is 0. The molecule has 0 saturated heterocycles. The number of aryl methyl sites for hydroxylation is 2. The van der Waals surface area contributed by atoms with E-state index in [2.05, 4.69) is 93.5 Å². The van der Waals surface area contributed by atoms with Gasteiger partial charge in [0.05, 0.1) is 8.07 Å². The normalized spacial score (nSPS) is 21.1. The molecule has 3 unspecified atom stereocenters. The molecule has 0 aliphatic heterocycles. The zero-order valence-corrected chi connectivity index (χ0v) is 26.7. The molecule has 1 aromatic rings. The van der Waals surface area contributed by atoms with Crippen molar-refractivity contribution in [2.75, 3.05) is 0 Å². The summed E-state index contributed by atoms with van der Waals surface area (Å²) < 4.78 is 0. The summed E-state index contributed by atoms with van der Waals surface area (Å²) in [4.78, 5) is 0. The van der Waals surface area contributed by atoms with Gasteiger partial charge in [-0.05, 0) is 35.1 Å². The van der Waals surface area contributed by atoms with Crippen molar-refractivity contribution >= 4 is 13.3 Å². The summed E-state index contributed by atoms with van der Waals surface area (Å²) in [5.74, 6) is 0. The summed E-state index contributed by atoms with van der Waals surface area (Å²) in [7, 11) is -2.00. The van der Waals surface area contributed by atoms with E-state index in [-0.39, 0.29) is 64.0 Å². The fourth-order valence-electron chi connectivity index (χ4n) is 6.02. The zero-order valence-electron chi connectivity index (χ0n) is 21.8. The quantitative estimate of drug-likeness (QED) is 0.287. The van der Waals surface area contributed by atoms with E-state index < -0.39 is 8.07 Å². The average molecular weight is 550 g/mol. The Kier molecular flexibility index (Phi) is 17.1. The molecule has 0 N–H and O–H groups in total. The Labute approximate surface area is 234 Å². The molecule has 3 atom stereocenters. The van der Waals surface area contributed by atoms with Gasteiger partial charge in [0.15, 0.2) is 0 Å². The molecule has 0 heterocycles. The minimum absolute atomic E-state index is 0. The molecule has 1 aliphatic rings. The molecule has 5 heteroatoms. The Morgan fingerprint density at radius 1 is 0.812 bits per heavy atom.